The number of methoxy groups -OCH3 is 1. The summed E-state index contributed by atoms with van der Waals surface area (Å²) in [6.45, 7) is 4.85. The number of unbranched alkanes of at least 4 members (excludes halogenated alkanes) is 1. The first-order chi connectivity index (χ1) is 10.2. The summed E-state index contributed by atoms with van der Waals surface area (Å²) in [5.41, 5.74) is 3.18. The Labute approximate surface area is 130 Å². The van der Waals surface area contributed by atoms with Gasteiger partial charge in [-0.3, -0.25) is 0 Å². The largest absolute Gasteiger partial charge is 0.497 e. The SMILES string of the molecule is CCCCC1CCC2c3ccc(OC)cc3CCC2C1C. The summed E-state index contributed by atoms with van der Waals surface area (Å²) in [4.78, 5) is 0. The molecule has 3 rings (SSSR count). The first-order valence-corrected chi connectivity index (χ1v) is 8.91. The van der Waals surface area contributed by atoms with Crippen LogP contribution in [0.5, 0.6) is 5.75 Å². The minimum absolute atomic E-state index is 0.813. The molecule has 4 atom stereocenters. The van der Waals surface area contributed by atoms with Crippen molar-refractivity contribution >= 4 is 0 Å². The van der Waals surface area contributed by atoms with Gasteiger partial charge < -0.3 is 4.74 Å². The molecule has 0 saturated heterocycles. The Morgan fingerprint density at radius 3 is 2.81 bits per heavy atom. The Kier molecular flexibility index (Phi) is 4.57. The summed E-state index contributed by atoms with van der Waals surface area (Å²) < 4.78 is 5.40. The maximum Gasteiger partial charge on any atom is 0.119 e. The zero-order chi connectivity index (χ0) is 14.8. The van der Waals surface area contributed by atoms with Gasteiger partial charge in [0.2, 0.25) is 0 Å². The van der Waals surface area contributed by atoms with Crippen molar-refractivity contribution in [1.29, 1.82) is 0 Å². The maximum absolute atomic E-state index is 5.40. The molecule has 0 spiro atoms. The van der Waals surface area contributed by atoms with Crippen molar-refractivity contribution in [1.82, 2.24) is 0 Å². The van der Waals surface area contributed by atoms with E-state index in [1.54, 1.807) is 18.2 Å². The molecule has 0 amide bonds. The predicted molar refractivity (Wildman–Crippen MR) is 89.0 cm³/mol. The van der Waals surface area contributed by atoms with Crippen LogP contribution >= 0.6 is 0 Å². The summed E-state index contributed by atoms with van der Waals surface area (Å²) in [6, 6.07) is 6.79. The van der Waals surface area contributed by atoms with Gasteiger partial charge in [-0.25, -0.2) is 0 Å². The smallest absolute Gasteiger partial charge is 0.119 e. The van der Waals surface area contributed by atoms with Crippen molar-refractivity contribution < 1.29 is 4.74 Å². The van der Waals surface area contributed by atoms with Crippen LogP contribution < -0.4 is 4.74 Å². The molecule has 0 bridgehead atoms. The normalized spacial score (nSPS) is 31.4. The Bertz CT molecular complexity index is 479. The van der Waals surface area contributed by atoms with Crippen LogP contribution in [0.1, 0.15) is 69.4 Å². The number of fused-ring (bicyclic) bond motifs is 3. The Morgan fingerprint density at radius 2 is 2.05 bits per heavy atom. The minimum atomic E-state index is 0.813. The lowest BCUT2D eigenvalue weighted by atomic mass is 9.60. The van der Waals surface area contributed by atoms with Gasteiger partial charge in [-0.1, -0.05) is 39.2 Å². The van der Waals surface area contributed by atoms with E-state index in [-0.39, 0.29) is 0 Å². The van der Waals surface area contributed by atoms with Crippen molar-refractivity contribution in [2.45, 2.75) is 64.7 Å². The number of aryl methyl sites for hydroxylation is 1. The van der Waals surface area contributed by atoms with Crippen LogP contribution in [0.15, 0.2) is 18.2 Å². The third kappa shape index (κ3) is 2.84. The average Bonchev–Trinajstić information content (AvgIpc) is 2.53. The highest BCUT2D eigenvalue weighted by molar-refractivity contribution is 5.40. The van der Waals surface area contributed by atoms with Crippen LogP contribution in [0, 0.1) is 17.8 Å². The first kappa shape index (κ1) is 14.9. The van der Waals surface area contributed by atoms with E-state index in [2.05, 4.69) is 32.0 Å². The van der Waals surface area contributed by atoms with Crippen LogP contribution in [-0.4, -0.2) is 7.11 Å². The van der Waals surface area contributed by atoms with E-state index in [0.29, 0.717) is 0 Å². The lowest BCUT2D eigenvalue weighted by Gasteiger charge is -2.45. The molecule has 4 unspecified atom stereocenters. The molecule has 0 aromatic heterocycles. The monoisotopic (exact) mass is 286 g/mol. The Hall–Kier alpha value is -0.980. The molecule has 0 radical (unpaired) electrons. The van der Waals surface area contributed by atoms with Crippen LogP contribution in [0.3, 0.4) is 0 Å². The lowest BCUT2D eigenvalue weighted by Crippen LogP contribution is -2.35. The summed E-state index contributed by atoms with van der Waals surface area (Å²) in [6.07, 6.45) is 9.69. The standard InChI is InChI=1S/C20H30O/c1-4-5-6-15-7-11-20-18(14(15)2)10-8-16-13-17(21-3)9-12-19(16)20/h9,12-15,18,20H,4-8,10-11H2,1-3H3. The molecule has 1 fully saturated rings. The highest BCUT2D eigenvalue weighted by atomic mass is 16.5. The molecule has 1 nitrogen and oxygen atoms in total. The molecule has 1 aromatic rings. The number of ether oxygens (including phenoxy) is 1. The van der Waals surface area contributed by atoms with Gasteiger partial charge >= 0.3 is 0 Å². The van der Waals surface area contributed by atoms with Crippen molar-refractivity contribution in [3.05, 3.63) is 29.3 Å². The molecule has 2 aliphatic rings. The second-order valence-corrected chi connectivity index (χ2v) is 7.21. The predicted octanol–water partition coefficient (Wildman–Crippen LogP) is 5.58. The highest BCUT2D eigenvalue weighted by Crippen LogP contribution is 2.51. The molecule has 0 N–H and O–H groups in total. The second-order valence-electron chi connectivity index (χ2n) is 7.21. The Morgan fingerprint density at radius 1 is 1.19 bits per heavy atom. The van der Waals surface area contributed by atoms with Gasteiger partial charge in [0.25, 0.3) is 0 Å². The maximum atomic E-state index is 5.40. The van der Waals surface area contributed by atoms with E-state index >= 15 is 0 Å². The third-order valence-corrected chi connectivity index (χ3v) is 6.21. The number of benzene rings is 1. The Balaban J connectivity index is 1.78. The topological polar surface area (TPSA) is 9.23 Å². The van der Waals surface area contributed by atoms with Gasteiger partial charge in [-0.15, -0.1) is 0 Å². The molecule has 2 aliphatic carbocycles. The second kappa shape index (κ2) is 6.42. The average molecular weight is 286 g/mol. The first-order valence-electron chi connectivity index (χ1n) is 8.91. The van der Waals surface area contributed by atoms with Crippen molar-refractivity contribution in [2.75, 3.05) is 7.11 Å². The zero-order valence-electron chi connectivity index (χ0n) is 13.9. The van der Waals surface area contributed by atoms with Gasteiger partial charge in [-0.05, 0) is 72.6 Å². The van der Waals surface area contributed by atoms with Crippen LogP contribution in [-0.2, 0) is 6.42 Å². The molecule has 1 heteroatoms. The summed E-state index contributed by atoms with van der Waals surface area (Å²) in [5.74, 6) is 4.64. The van der Waals surface area contributed by atoms with Crippen LogP contribution in [0.25, 0.3) is 0 Å². The zero-order valence-corrected chi connectivity index (χ0v) is 13.9. The van der Waals surface area contributed by atoms with Gasteiger partial charge in [0.15, 0.2) is 0 Å². The number of rotatable bonds is 4. The van der Waals surface area contributed by atoms with Gasteiger partial charge in [0, 0.05) is 0 Å². The van der Waals surface area contributed by atoms with Crippen LogP contribution in [0.4, 0.5) is 0 Å². The van der Waals surface area contributed by atoms with Crippen molar-refractivity contribution in [3.8, 4) is 5.75 Å². The van der Waals surface area contributed by atoms with E-state index in [9.17, 15) is 0 Å². The third-order valence-electron chi connectivity index (χ3n) is 6.21. The van der Waals surface area contributed by atoms with Crippen LogP contribution in [0.2, 0.25) is 0 Å². The number of hydrogen-bond acceptors (Lipinski definition) is 1. The fourth-order valence-corrected chi connectivity index (χ4v) is 4.92. The van der Waals surface area contributed by atoms with E-state index < -0.39 is 0 Å². The molecule has 116 valence electrons. The molecule has 0 heterocycles. The van der Waals surface area contributed by atoms with Crippen molar-refractivity contribution in [3.63, 3.8) is 0 Å². The van der Waals surface area contributed by atoms with Gasteiger partial charge in [-0.2, -0.15) is 0 Å². The fourth-order valence-electron chi connectivity index (χ4n) is 4.92. The molecular formula is C20H30O. The quantitative estimate of drug-likeness (QED) is 0.702. The van der Waals surface area contributed by atoms with Gasteiger partial charge in [0.1, 0.15) is 5.75 Å². The van der Waals surface area contributed by atoms with Crippen molar-refractivity contribution in [2.24, 2.45) is 17.8 Å². The summed E-state index contributed by atoms with van der Waals surface area (Å²) >= 11 is 0. The summed E-state index contributed by atoms with van der Waals surface area (Å²) in [5, 5.41) is 0. The highest BCUT2D eigenvalue weighted by Gasteiger charge is 2.39. The minimum Gasteiger partial charge on any atom is -0.497 e. The molecule has 0 aliphatic heterocycles. The summed E-state index contributed by atoms with van der Waals surface area (Å²) in [7, 11) is 1.77. The van der Waals surface area contributed by atoms with E-state index in [1.807, 2.05) is 0 Å². The van der Waals surface area contributed by atoms with Gasteiger partial charge in [0.05, 0.1) is 7.11 Å². The molecular weight excluding hydrogens is 256 g/mol. The lowest BCUT2D eigenvalue weighted by molar-refractivity contribution is 0.118. The molecule has 21 heavy (non-hydrogen) atoms. The molecule has 1 saturated carbocycles. The number of hydrogen-bond donors (Lipinski definition) is 0. The fraction of sp³-hybridized carbons (Fsp3) is 0.700. The van der Waals surface area contributed by atoms with E-state index in [0.717, 1.165) is 29.4 Å². The van der Waals surface area contributed by atoms with E-state index in [4.69, 9.17) is 4.74 Å². The van der Waals surface area contributed by atoms with E-state index in [1.165, 1.54) is 44.9 Å². The molecule has 1 aromatic carbocycles.